The van der Waals surface area contributed by atoms with Gasteiger partial charge in [0.25, 0.3) is 0 Å². The van der Waals surface area contributed by atoms with E-state index in [1.807, 2.05) is 19.9 Å². The Hall–Kier alpha value is -1.75. The molecular formula is C14H21NO4. The quantitative estimate of drug-likeness (QED) is 0.736. The van der Waals surface area contributed by atoms with E-state index in [1.54, 1.807) is 6.07 Å². The van der Waals surface area contributed by atoms with E-state index in [-0.39, 0.29) is 18.1 Å². The number of hydrogen-bond donors (Lipinski definition) is 3. The van der Waals surface area contributed by atoms with Crippen molar-refractivity contribution in [3.63, 3.8) is 0 Å². The predicted molar refractivity (Wildman–Crippen MR) is 72.5 cm³/mol. The number of carboxylic acid groups (broad SMARTS) is 1. The number of phenols is 1. The second kappa shape index (κ2) is 6.43. The minimum atomic E-state index is -0.890. The summed E-state index contributed by atoms with van der Waals surface area (Å²) in [5.74, 6) is -0.294. The van der Waals surface area contributed by atoms with E-state index in [9.17, 15) is 9.90 Å². The topological polar surface area (TPSA) is 92.8 Å². The molecule has 0 aliphatic carbocycles. The first-order valence-corrected chi connectivity index (χ1v) is 6.25. The van der Waals surface area contributed by atoms with E-state index in [0.717, 1.165) is 5.56 Å². The summed E-state index contributed by atoms with van der Waals surface area (Å²) in [6.07, 6.45) is 0.281. The van der Waals surface area contributed by atoms with Gasteiger partial charge in [0.1, 0.15) is 0 Å². The molecule has 106 valence electrons. The molecule has 0 heterocycles. The van der Waals surface area contributed by atoms with Gasteiger partial charge in [-0.3, -0.25) is 4.79 Å². The largest absolute Gasteiger partial charge is 0.504 e. The summed E-state index contributed by atoms with van der Waals surface area (Å²) in [5, 5.41) is 18.6. The van der Waals surface area contributed by atoms with Crippen LogP contribution in [0.3, 0.4) is 0 Å². The lowest BCUT2D eigenvalue weighted by molar-refractivity contribution is -0.137. The highest BCUT2D eigenvalue weighted by atomic mass is 16.5. The SMILES string of the molecule is COc1c(O)cc(C(C)C)cc1C(N)CCC(=O)O. The summed E-state index contributed by atoms with van der Waals surface area (Å²) in [6.45, 7) is 4.02. The molecule has 5 heteroatoms. The van der Waals surface area contributed by atoms with E-state index in [4.69, 9.17) is 15.6 Å². The average Bonchev–Trinajstić information content (AvgIpc) is 2.34. The van der Waals surface area contributed by atoms with Gasteiger partial charge in [0.05, 0.1) is 7.11 Å². The summed E-state index contributed by atoms with van der Waals surface area (Å²) in [7, 11) is 1.46. The minimum Gasteiger partial charge on any atom is -0.504 e. The first-order chi connectivity index (χ1) is 8.86. The number of aliphatic carboxylic acids is 1. The van der Waals surface area contributed by atoms with E-state index in [1.165, 1.54) is 7.11 Å². The average molecular weight is 267 g/mol. The van der Waals surface area contributed by atoms with Crippen LogP contribution in [0.25, 0.3) is 0 Å². The number of hydrogen-bond acceptors (Lipinski definition) is 4. The molecule has 1 aromatic rings. The van der Waals surface area contributed by atoms with E-state index >= 15 is 0 Å². The molecule has 0 aromatic heterocycles. The maximum atomic E-state index is 10.6. The maximum Gasteiger partial charge on any atom is 0.303 e. The molecular weight excluding hydrogens is 246 g/mol. The Labute approximate surface area is 113 Å². The second-order valence-electron chi connectivity index (χ2n) is 4.86. The van der Waals surface area contributed by atoms with Crippen molar-refractivity contribution in [3.8, 4) is 11.5 Å². The van der Waals surface area contributed by atoms with Crippen LogP contribution in [0.15, 0.2) is 12.1 Å². The Bertz CT molecular complexity index is 457. The van der Waals surface area contributed by atoms with Gasteiger partial charge < -0.3 is 20.7 Å². The molecule has 4 N–H and O–H groups in total. The summed E-state index contributed by atoms with van der Waals surface area (Å²) in [4.78, 5) is 10.6. The van der Waals surface area contributed by atoms with Crippen LogP contribution in [0.5, 0.6) is 11.5 Å². The third-order valence-corrected chi connectivity index (χ3v) is 3.06. The molecule has 0 aliphatic rings. The molecule has 5 nitrogen and oxygen atoms in total. The Morgan fingerprint density at radius 2 is 2.05 bits per heavy atom. The molecule has 1 atom stereocenters. The predicted octanol–water partition coefficient (Wildman–Crippen LogP) is 2.39. The van der Waals surface area contributed by atoms with Crippen LogP contribution < -0.4 is 10.5 Å². The fraction of sp³-hybridized carbons (Fsp3) is 0.500. The van der Waals surface area contributed by atoms with Gasteiger partial charge in [0, 0.05) is 18.0 Å². The van der Waals surface area contributed by atoms with Gasteiger partial charge in [0.15, 0.2) is 11.5 Å². The van der Waals surface area contributed by atoms with Crippen LogP contribution in [0, 0.1) is 0 Å². The first kappa shape index (κ1) is 15.3. The van der Waals surface area contributed by atoms with Crippen molar-refractivity contribution in [2.75, 3.05) is 7.11 Å². The van der Waals surface area contributed by atoms with Crippen molar-refractivity contribution in [1.29, 1.82) is 0 Å². The van der Waals surface area contributed by atoms with E-state index in [0.29, 0.717) is 17.7 Å². The fourth-order valence-corrected chi connectivity index (χ4v) is 1.92. The fourth-order valence-electron chi connectivity index (χ4n) is 1.92. The number of benzene rings is 1. The number of carboxylic acids is 1. The zero-order chi connectivity index (χ0) is 14.6. The van der Waals surface area contributed by atoms with Gasteiger partial charge >= 0.3 is 5.97 Å². The first-order valence-electron chi connectivity index (χ1n) is 6.25. The molecule has 0 radical (unpaired) electrons. The standard InChI is InChI=1S/C14H21NO4/c1-8(2)9-6-10(11(15)4-5-13(17)18)14(19-3)12(16)7-9/h6-8,11,16H,4-5,15H2,1-3H3,(H,17,18). The summed E-state index contributed by atoms with van der Waals surface area (Å²) in [6, 6.07) is 3.04. The highest BCUT2D eigenvalue weighted by Crippen LogP contribution is 2.37. The van der Waals surface area contributed by atoms with E-state index in [2.05, 4.69) is 0 Å². The summed E-state index contributed by atoms with van der Waals surface area (Å²) < 4.78 is 5.16. The van der Waals surface area contributed by atoms with Crippen molar-refractivity contribution in [2.24, 2.45) is 5.73 Å². The number of rotatable bonds is 6. The molecule has 0 saturated heterocycles. The minimum absolute atomic E-state index is 0.0169. The molecule has 19 heavy (non-hydrogen) atoms. The Morgan fingerprint density at radius 3 is 2.53 bits per heavy atom. The lowest BCUT2D eigenvalue weighted by atomic mass is 9.94. The van der Waals surface area contributed by atoms with Gasteiger partial charge in [-0.1, -0.05) is 13.8 Å². The smallest absolute Gasteiger partial charge is 0.303 e. The molecule has 0 amide bonds. The molecule has 1 aromatic carbocycles. The van der Waals surface area contributed by atoms with Crippen molar-refractivity contribution in [2.45, 2.75) is 38.6 Å². The van der Waals surface area contributed by atoms with Crippen LogP contribution in [-0.4, -0.2) is 23.3 Å². The van der Waals surface area contributed by atoms with Gasteiger partial charge in [-0.05, 0) is 30.0 Å². The monoisotopic (exact) mass is 267 g/mol. The number of ether oxygens (including phenoxy) is 1. The zero-order valence-electron chi connectivity index (χ0n) is 11.5. The van der Waals surface area contributed by atoms with E-state index < -0.39 is 12.0 Å². The van der Waals surface area contributed by atoms with Gasteiger partial charge in [-0.25, -0.2) is 0 Å². The van der Waals surface area contributed by atoms with Crippen LogP contribution >= 0.6 is 0 Å². The van der Waals surface area contributed by atoms with Crippen LogP contribution in [0.1, 0.15) is 49.8 Å². The molecule has 0 spiro atoms. The third-order valence-electron chi connectivity index (χ3n) is 3.06. The Balaban J connectivity index is 3.11. The number of carbonyl (C=O) groups is 1. The molecule has 0 fully saturated rings. The van der Waals surface area contributed by atoms with Gasteiger partial charge in [-0.15, -0.1) is 0 Å². The Kier molecular flexibility index (Phi) is 5.18. The van der Waals surface area contributed by atoms with Crippen LogP contribution in [-0.2, 0) is 4.79 Å². The van der Waals surface area contributed by atoms with Crippen molar-refractivity contribution in [3.05, 3.63) is 23.3 Å². The molecule has 1 rings (SSSR count). The molecule has 1 unspecified atom stereocenters. The molecule has 0 saturated carbocycles. The zero-order valence-corrected chi connectivity index (χ0v) is 11.5. The second-order valence-corrected chi connectivity index (χ2v) is 4.86. The maximum absolute atomic E-state index is 10.6. The molecule has 0 aliphatic heterocycles. The van der Waals surface area contributed by atoms with Crippen LogP contribution in [0.4, 0.5) is 0 Å². The van der Waals surface area contributed by atoms with Gasteiger partial charge in [-0.2, -0.15) is 0 Å². The van der Waals surface area contributed by atoms with Crippen molar-refractivity contribution in [1.82, 2.24) is 0 Å². The van der Waals surface area contributed by atoms with Gasteiger partial charge in [0.2, 0.25) is 0 Å². The lowest BCUT2D eigenvalue weighted by Crippen LogP contribution is -2.14. The molecule has 0 bridgehead atoms. The lowest BCUT2D eigenvalue weighted by Gasteiger charge is -2.19. The highest BCUT2D eigenvalue weighted by molar-refractivity contribution is 5.66. The summed E-state index contributed by atoms with van der Waals surface area (Å²) in [5.41, 5.74) is 7.59. The number of methoxy groups -OCH3 is 1. The highest BCUT2D eigenvalue weighted by Gasteiger charge is 2.18. The third kappa shape index (κ3) is 3.86. The van der Waals surface area contributed by atoms with Crippen molar-refractivity contribution < 1.29 is 19.7 Å². The number of phenolic OH excluding ortho intramolecular Hbond substituents is 1. The normalized spacial score (nSPS) is 12.5. The number of nitrogens with two attached hydrogens (primary N) is 1. The van der Waals surface area contributed by atoms with Crippen molar-refractivity contribution >= 4 is 5.97 Å². The summed E-state index contributed by atoms with van der Waals surface area (Å²) >= 11 is 0. The number of aromatic hydroxyl groups is 1. The van der Waals surface area contributed by atoms with Crippen LogP contribution in [0.2, 0.25) is 0 Å². The Morgan fingerprint density at radius 1 is 1.42 bits per heavy atom.